The Bertz CT molecular complexity index is 588. The van der Waals surface area contributed by atoms with Crippen molar-refractivity contribution in [2.24, 2.45) is 0 Å². The third-order valence-electron chi connectivity index (χ3n) is 3.23. The van der Waals surface area contributed by atoms with Crippen molar-refractivity contribution in [1.82, 2.24) is 0 Å². The van der Waals surface area contributed by atoms with Gasteiger partial charge in [-0.2, -0.15) is 0 Å². The second-order valence-corrected chi connectivity index (χ2v) is 11.0. The van der Waals surface area contributed by atoms with Crippen LogP contribution in [0.3, 0.4) is 0 Å². The second kappa shape index (κ2) is 5.75. The van der Waals surface area contributed by atoms with Crippen LogP contribution in [0.15, 0.2) is 42.5 Å². The van der Waals surface area contributed by atoms with Gasteiger partial charge in [-0.1, -0.05) is 49.1 Å². The maximum Gasteiger partial charge on any atom is 0.149 e. The minimum atomic E-state index is -1.28. The van der Waals surface area contributed by atoms with Crippen LogP contribution in [0.1, 0.15) is 5.56 Å². The van der Waals surface area contributed by atoms with Crippen LogP contribution in [0, 0.1) is 11.6 Å². The summed E-state index contributed by atoms with van der Waals surface area (Å²) in [5.74, 6) is -1.13. The van der Waals surface area contributed by atoms with Crippen molar-refractivity contribution in [2.75, 3.05) is 5.32 Å². The highest BCUT2D eigenvalue weighted by molar-refractivity contribution is 6.88. The zero-order valence-electron chi connectivity index (χ0n) is 12.0. The molecular weight excluding hydrogens is 272 g/mol. The second-order valence-electron chi connectivity index (χ2n) is 5.92. The Morgan fingerprint density at radius 3 is 2.15 bits per heavy atom. The van der Waals surface area contributed by atoms with Crippen LogP contribution in [0.2, 0.25) is 19.6 Å². The third kappa shape index (κ3) is 3.67. The zero-order chi connectivity index (χ0) is 14.8. The van der Waals surface area contributed by atoms with Crippen molar-refractivity contribution >= 4 is 18.9 Å². The highest BCUT2D eigenvalue weighted by Gasteiger charge is 2.15. The largest absolute Gasteiger partial charge is 0.379 e. The Labute approximate surface area is 119 Å². The number of rotatable bonds is 4. The van der Waals surface area contributed by atoms with E-state index in [0.717, 1.165) is 11.6 Å². The predicted molar refractivity (Wildman–Crippen MR) is 83.1 cm³/mol. The quantitative estimate of drug-likeness (QED) is 0.836. The average Bonchev–Trinajstić information content (AvgIpc) is 2.37. The summed E-state index contributed by atoms with van der Waals surface area (Å²) >= 11 is 0. The molecule has 1 nitrogen and oxygen atoms in total. The molecule has 0 saturated carbocycles. The standard InChI is InChI=1S/C16H19F2NSi/c1-20(2,3)14-7-4-12(5-8-14)11-19-16-9-6-13(17)10-15(16)18/h4-10,19H,11H2,1-3H3. The number of nitrogens with one attached hydrogen (secondary N) is 1. The number of hydrogen-bond acceptors (Lipinski definition) is 1. The SMILES string of the molecule is C[Si](C)(C)c1ccc(CNc2ccc(F)cc2F)cc1. The first kappa shape index (κ1) is 14.7. The van der Waals surface area contributed by atoms with Crippen LogP contribution in [0.5, 0.6) is 0 Å². The summed E-state index contributed by atoms with van der Waals surface area (Å²) in [5.41, 5.74) is 1.40. The van der Waals surface area contributed by atoms with Crippen LogP contribution < -0.4 is 10.5 Å². The molecule has 0 heterocycles. The molecule has 0 bridgehead atoms. The lowest BCUT2D eigenvalue weighted by Crippen LogP contribution is -2.37. The smallest absolute Gasteiger partial charge is 0.149 e. The van der Waals surface area contributed by atoms with E-state index in [1.54, 1.807) is 0 Å². The number of hydrogen-bond donors (Lipinski definition) is 1. The summed E-state index contributed by atoms with van der Waals surface area (Å²) in [7, 11) is -1.28. The molecule has 20 heavy (non-hydrogen) atoms. The van der Waals surface area contributed by atoms with E-state index in [0.29, 0.717) is 12.2 Å². The lowest BCUT2D eigenvalue weighted by atomic mass is 10.2. The van der Waals surface area contributed by atoms with Gasteiger partial charge in [0.1, 0.15) is 11.6 Å². The maximum absolute atomic E-state index is 13.5. The predicted octanol–water partition coefficient (Wildman–Crippen LogP) is 4.12. The molecule has 0 atom stereocenters. The topological polar surface area (TPSA) is 12.0 Å². The molecule has 2 aromatic carbocycles. The van der Waals surface area contributed by atoms with E-state index in [9.17, 15) is 8.78 Å². The average molecular weight is 291 g/mol. The number of benzene rings is 2. The van der Waals surface area contributed by atoms with E-state index in [-0.39, 0.29) is 0 Å². The van der Waals surface area contributed by atoms with E-state index in [4.69, 9.17) is 0 Å². The minimum absolute atomic E-state index is 0.320. The monoisotopic (exact) mass is 291 g/mol. The minimum Gasteiger partial charge on any atom is -0.379 e. The first-order valence-electron chi connectivity index (χ1n) is 6.64. The van der Waals surface area contributed by atoms with Crippen LogP contribution in [-0.2, 0) is 6.54 Å². The molecule has 0 aliphatic carbocycles. The van der Waals surface area contributed by atoms with E-state index < -0.39 is 19.7 Å². The third-order valence-corrected chi connectivity index (χ3v) is 5.30. The molecule has 2 aromatic rings. The molecule has 0 amide bonds. The molecule has 0 unspecified atom stereocenters. The van der Waals surface area contributed by atoms with Gasteiger partial charge < -0.3 is 5.32 Å². The Hall–Kier alpha value is -1.68. The van der Waals surface area contributed by atoms with Gasteiger partial charge in [0.05, 0.1) is 13.8 Å². The molecule has 1 N–H and O–H groups in total. The summed E-state index contributed by atoms with van der Waals surface area (Å²) in [4.78, 5) is 0. The lowest BCUT2D eigenvalue weighted by molar-refractivity contribution is 0.585. The highest BCUT2D eigenvalue weighted by atomic mass is 28.3. The summed E-state index contributed by atoms with van der Waals surface area (Å²) in [5, 5.41) is 4.38. The molecule has 0 spiro atoms. The van der Waals surface area contributed by atoms with Crippen LogP contribution in [0.25, 0.3) is 0 Å². The van der Waals surface area contributed by atoms with Gasteiger partial charge in [0, 0.05) is 12.6 Å². The van der Waals surface area contributed by atoms with E-state index in [1.807, 2.05) is 0 Å². The van der Waals surface area contributed by atoms with Gasteiger partial charge in [-0.3, -0.25) is 0 Å². The van der Waals surface area contributed by atoms with E-state index in [1.165, 1.54) is 17.3 Å². The molecule has 0 aliphatic rings. The molecule has 0 aromatic heterocycles. The fourth-order valence-electron chi connectivity index (χ4n) is 1.95. The van der Waals surface area contributed by atoms with Gasteiger partial charge in [0.2, 0.25) is 0 Å². The van der Waals surface area contributed by atoms with Crippen molar-refractivity contribution in [3.05, 3.63) is 59.7 Å². The zero-order valence-corrected chi connectivity index (χ0v) is 13.0. The molecule has 106 valence electrons. The first-order valence-corrected chi connectivity index (χ1v) is 10.1. The van der Waals surface area contributed by atoms with Crippen LogP contribution >= 0.6 is 0 Å². The number of anilines is 1. The Balaban J connectivity index is 2.04. The fourth-order valence-corrected chi connectivity index (χ4v) is 3.12. The van der Waals surface area contributed by atoms with Gasteiger partial charge in [0.15, 0.2) is 0 Å². The van der Waals surface area contributed by atoms with Gasteiger partial charge in [-0.25, -0.2) is 8.78 Å². The van der Waals surface area contributed by atoms with Crippen molar-refractivity contribution < 1.29 is 8.78 Å². The van der Waals surface area contributed by atoms with Gasteiger partial charge in [-0.15, -0.1) is 0 Å². The molecule has 0 saturated heterocycles. The Morgan fingerprint density at radius 1 is 0.950 bits per heavy atom. The van der Waals surface area contributed by atoms with Gasteiger partial charge in [-0.05, 0) is 17.7 Å². The van der Waals surface area contributed by atoms with Crippen molar-refractivity contribution in [1.29, 1.82) is 0 Å². The molecule has 4 heteroatoms. The van der Waals surface area contributed by atoms with E-state index in [2.05, 4.69) is 49.2 Å². The summed E-state index contributed by atoms with van der Waals surface area (Å²) in [6.07, 6.45) is 0. The molecular formula is C16H19F2NSi. The van der Waals surface area contributed by atoms with Crippen LogP contribution in [0.4, 0.5) is 14.5 Å². The van der Waals surface area contributed by atoms with Crippen molar-refractivity contribution in [2.45, 2.75) is 26.2 Å². The summed E-state index contributed by atoms with van der Waals surface area (Å²) in [6.45, 7) is 7.42. The van der Waals surface area contributed by atoms with Crippen molar-refractivity contribution in [3.8, 4) is 0 Å². The molecule has 0 aliphatic heterocycles. The Morgan fingerprint density at radius 2 is 1.60 bits per heavy atom. The fraction of sp³-hybridized carbons (Fsp3) is 0.250. The molecule has 0 fully saturated rings. The van der Waals surface area contributed by atoms with E-state index >= 15 is 0 Å². The Kier molecular flexibility index (Phi) is 4.23. The van der Waals surface area contributed by atoms with Gasteiger partial charge >= 0.3 is 0 Å². The van der Waals surface area contributed by atoms with Gasteiger partial charge in [0.25, 0.3) is 0 Å². The highest BCUT2D eigenvalue weighted by Crippen LogP contribution is 2.16. The normalized spacial score (nSPS) is 11.4. The summed E-state index contributed by atoms with van der Waals surface area (Å²) in [6, 6.07) is 12.0. The number of halogens is 2. The van der Waals surface area contributed by atoms with Crippen LogP contribution in [-0.4, -0.2) is 8.07 Å². The summed E-state index contributed by atoms with van der Waals surface area (Å²) < 4.78 is 26.3. The maximum atomic E-state index is 13.5. The van der Waals surface area contributed by atoms with Crippen molar-refractivity contribution in [3.63, 3.8) is 0 Å². The molecule has 0 radical (unpaired) electrons. The lowest BCUT2D eigenvalue weighted by Gasteiger charge is -2.17. The first-order chi connectivity index (χ1) is 9.36. The molecule has 2 rings (SSSR count).